The summed E-state index contributed by atoms with van der Waals surface area (Å²) in [4.78, 5) is 16.6. The smallest absolute Gasteiger partial charge is 0.187 e. The largest absolute Gasteiger partial charge is 0.508 e. The molecule has 1 N–H and O–H groups in total. The van der Waals surface area contributed by atoms with E-state index in [1.165, 1.54) is 12.5 Å². The molecule has 0 atom stereocenters. The first-order valence-corrected chi connectivity index (χ1v) is 7.17. The van der Waals surface area contributed by atoms with Crippen LogP contribution < -0.4 is 0 Å². The van der Waals surface area contributed by atoms with Crippen LogP contribution in [0, 0.1) is 0 Å². The van der Waals surface area contributed by atoms with Crippen LogP contribution in [-0.4, -0.2) is 53.4 Å². The molecule has 0 amide bonds. The van der Waals surface area contributed by atoms with Crippen molar-refractivity contribution in [1.29, 1.82) is 0 Å². The first kappa shape index (κ1) is 14.6. The fourth-order valence-electron chi connectivity index (χ4n) is 2.38. The van der Waals surface area contributed by atoms with Crippen molar-refractivity contribution in [2.45, 2.75) is 13.3 Å². The number of nitrogens with zero attached hydrogens (tertiary/aromatic N) is 2. The fourth-order valence-corrected chi connectivity index (χ4v) is 2.38. The summed E-state index contributed by atoms with van der Waals surface area (Å²) in [6.07, 6.45) is 4.64. The van der Waals surface area contributed by atoms with Crippen molar-refractivity contribution in [3.05, 3.63) is 42.1 Å². The highest BCUT2D eigenvalue weighted by atomic mass is 16.3. The van der Waals surface area contributed by atoms with Crippen molar-refractivity contribution in [3.8, 4) is 5.75 Å². The maximum absolute atomic E-state index is 12.0. The minimum absolute atomic E-state index is 0.0723. The predicted octanol–water partition coefficient (Wildman–Crippen LogP) is 2.12. The van der Waals surface area contributed by atoms with Gasteiger partial charge in [-0.15, -0.1) is 0 Å². The van der Waals surface area contributed by atoms with Crippen LogP contribution in [0.3, 0.4) is 0 Å². The summed E-state index contributed by atoms with van der Waals surface area (Å²) in [5.41, 5.74) is 0.519. The van der Waals surface area contributed by atoms with Gasteiger partial charge in [-0.25, -0.2) is 0 Å². The summed E-state index contributed by atoms with van der Waals surface area (Å²) < 4.78 is 0. The van der Waals surface area contributed by atoms with Gasteiger partial charge < -0.3 is 10.0 Å². The van der Waals surface area contributed by atoms with Crippen molar-refractivity contribution >= 4 is 5.78 Å². The van der Waals surface area contributed by atoms with E-state index >= 15 is 0 Å². The molecule has 0 spiro atoms. The minimum Gasteiger partial charge on any atom is -0.508 e. The molecule has 4 heteroatoms. The van der Waals surface area contributed by atoms with Gasteiger partial charge in [-0.2, -0.15) is 0 Å². The molecule has 1 aromatic rings. The third kappa shape index (κ3) is 4.10. The molecule has 1 aliphatic rings. The van der Waals surface area contributed by atoms with Crippen molar-refractivity contribution in [3.63, 3.8) is 0 Å². The SMILES string of the molecule is CCCN1CCN(C=CC(=O)c2cccc(O)c2)CC1. The van der Waals surface area contributed by atoms with Crippen molar-refractivity contribution in [2.24, 2.45) is 0 Å². The number of carbonyl (C=O) groups excluding carboxylic acids is 1. The molecule has 108 valence electrons. The van der Waals surface area contributed by atoms with Gasteiger partial charge in [0.25, 0.3) is 0 Å². The van der Waals surface area contributed by atoms with E-state index in [1.807, 2.05) is 6.20 Å². The lowest BCUT2D eigenvalue weighted by atomic mass is 10.1. The number of aromatic hydroxyl groups is 1. The van der Waals surface area contributed by atoms with Crippen LogP contribution in [0.5, 0.6) is 5.75 Å². The van der Waals surface area contributed by atoms with E-state index in [1.54, 1.807) is 24.3 Å². The number of hydrogen-bond acceptors (Lipinski definition) is 4. The van der Waals surface area contributed by atoms with E-state index < -0.39 is 0 Å². The third-order valence-electron chi connectivity index (χ3n) is 3.51. The summed E-state index contributed by atoms with van der Waals surface area (Å²) in [5, 5.41) is 9.37. The lowest BCUT2D eigenvalue weighted by Crippen LogP contribution is -2.44. The average Bonchev–Trinajstić information content (AvgIpc) is 2.46. The molecular formula is C16H22N2O2. The Bertz CT molecular complexity index is 477. The Morgan fingerprint density at radius 2 is 2.05 bits per heavy atom. The van der Waals surface area contributed by atoms with Crippen LogP contribution in [0.4, 0.5) is 0 Å². The lowest BCUT2D eigenvalue weighted by Gasteiger charge is -2.33. The molecule has 0 aromatic heterocycles. The van der Waals surface area contributed by atoms with E-state index in [4.69, 9.17) is 0 Å². The summed E-state index contributed by atoms with van der Waals surface area (Å²) in [6, 6.07) is 6.45. The number of ketones is 1. The molecule has 1 aromatic carbocycles. The number of phenolic OH excluding ortho intramolecular Hbond substituents is 1. The van der Waals surface area contributed by atoms with Crippen LogP contribution in [-0.2, 0) is 0 Å². The Balaban J connectivity index is 1.86. The second-order valence-electron chi connectivity index (χ2n) is 5.11. The van der Waals surface area contributed by atoms with Gasteiger partial charge >= 0.3 is 0 Å². The number of allylic oxidation sites excluding steroid dienone is 1. The van der Waals surface area contributed by atoms with Gasteiger partial charge in [-0.05, 0) is 25.1 Å². The van der Waals surface area contributed by atoms with E-state index in [0.717, 1.165) is 32.7 Å². The van der Waals surface area contributed by atoms with Gasteiger partial charge in [0.15, 0.2) is 5.78 Å². The first-order valence-electron chi connectivity index (χ1n) is 7.17. The van der Waals surface area contributed by atoms with E-state index in [2.05, 4.69) is 16.7 Å². The highest BCUT2D eigenvalue weighted by molar-refractivity contribution is 6.04. The van der Waals surface area contributed by atoms with Crippen molar-refractivity contribution in [2.75, 3.05) is 32.7 Å². The summed E-state index contributed by atoms with van der Waals surface area (Å²) >= 11 is 0. The van der Waals surface area contributed by atoms with Gasteiger partial charge in [0.05, 0.1) is 0 Å². The highest BCUT2D eigenvalue weighted by Gasteiger charge is 2.13. The van der Waals surface area contributed by atoms with Gasteiger partial charge in [-0.1, -0.05) is 19.1 Å². The predicted molar refractivity (Wildman–Crippen MR) is 79.9 cm³/mol. The zero-order chi connectivity index (χ0) is 14.4. The monoisotopic (exact) mass is 274 g/mol. The van der Waals surface area contributed by atoms with Crippen LogP contribution in [0.25, 0.3) is 0 Å². The molecule has 4 nitrogen and oxygen atoms in total. The van der Waals surface area contributed by atoms with Crippen molar-refractivity contribution < 1.29 is 9.90 Å². The summed E-state index contributed by atoms with van der Waals surface area (Å²) in [7, 11) is 0. The third-order valence-corrected chi connectivity index (χ3v) is 3.51. The number of phenols is 1. The van der Waals surface area contributed by atoms with Gasteiger partial charge in [0.2, 0.25) is 0 Å². The van der Waals surface area contributed by atoms with Crippen LogP contribution in [0.2, 0.25) is 0 Å². The zero-order valence-electron chi connectivity index (χ0n) is 12.0. The maximum Gasteiger partial charge on any atom is 0.187 e. The standard InChI is InChI=1S/C16H22N2O2/c1-2-7-17-9-11-18(12-10-17)8-6-16(20)14-4-3-5-15(19)13-14/h3-6,8,13,19H,2,7,9-12H2,1H3. The number of benzene rings is 1. The molecule has 1 saturated heterocycles. The molecule has 0 aliphatic carbocycles. The molecule has 0 saturated carbocycles. The van der Waals surface area contributed by atoms with Gasteiger partial charge in [0, 0.05) is 44.0 Å². The molecule has 0 radical (unpaired) electrons. The van der Waals surface area contributed by atoms with Crippen molar-refractivity contribution in [1.82, 2.24) is 9.80 Å². The van der Waals surface area contributed by atoms with Crippen LogP contribution in [0.1, 0.15) is 23.7 Å². The van der Waals surface area contributed by atoms with Crippen LogP contribution in [0.15, 0.2) is 36.5 Å². The molecular weight excluding hydrogens is 252 g/mol. The van der Waals surface area contributed by atoms with E-state index in [9.17, 15) is 9.90 Å². The van der Waals surface area contributed by atoms with E-state index in [-0.39, 0.29) is 11.5 Å². The first-order chi connectivity index (χ1) is 9.69. The van der Waals surface area contributed by atoms with E-state index in [0.29, 0.717) is 5.56 Å². The summed E-state index contributed by atoms with van der Waals surface area (Å²) in [5.74, 6) is 0.0503. The topological polar surface area (TPSA) is 43.8 Å². The Hall–Kier alpha value is -1.81. The molecule has 1 heterocycles. The zero-order valence-corrected chi connectivity index (χ0v) is 12.0. The number of piperazine rings is 1. The maximum atomic E-state index is 12.0. The fraction of sp³-hybridized carbons (Fsp3) is 0.438. The molecule has 0 unspecified atom stereocenters. The second kappa shape index (κ2) is 7.10. The number of hydrogen-bond donors (Lipinski definition) is 1. The molecule has 20 heavy (non-hydrogen) atoms. The van der Waals surface area contributed by atoms with Gasteiger partial charge in [0.1, 0.15) is 5.75 Å². The van der Waals surface area contributed by atoms with Crippen LogP contribution >= 0.6 is 0 Å². The molecule has 0 bridgehead atoms. The number of carbonyl (C=O) groups is 1. The molecule has 1 fully saturated rings. The Kier molecular flexibility index (Phi) is 5.18. The Morgan fingerprint density at radius 1 is 1.30 bits per heavy atom. The lowest BCUT2D eigenvalue weighted by molar-refractivity contribution is 0.104. The quantitative estimate of drug-likeness (QED) is 0.660. The normalized spacial score (nSPS) is 16.8. The second-order valence-corrected chi connectivity index (χ2v) is 5.11. The Labute approximate surface area is 120 Å². The molecule has 2 rings (SSSR count). The Morgan fingerprint density at radius 3 is 2.70 bits per heavy atom. The highest BCUT2D eigenvalue weighted by Crippen LogP contribution is 2.12. The summed E-state index contributed by atoms with van der Waals surface area (Å²) in [6.45, 7) is 7.38. The molecule has 1 aliphatic heterocycles. The van der Waals surface area contributed by atoms with Gasteiger partial charge in [-0.3, -0.25) is 9.69 Å². The minimum atomic E-state index is -0.0723. The number of rotatable bonds is 5. The average molecular weight is 274 g/mol.